The van der Waals surface area contributed by atoms with Crippen molar-refractivity contribution in [1.82, 2.24) is 0 Å². The molecule has 14 heavy (non-hydrogen) atoms. The number of hydrogen-bond acceptors (Lipinski definition) is 3. The van der Waals surface area contributed by atoms with E-state index >= 15 is 0 Å². The van der Waals surface area contributed by atoms with E-state index in [1.807, 2.05) is 12.1 Å². The van der Waals surface area contributed by atoms with Crippen LogP contribution in [0.5, 0.6) is 0 Å². The Morgan fingerprint density at radius 2 is 2.14 bits per heavy atom. The number of rotatable bonds is 2. The average molecular weight is 195 g/mol. The highest BCUT2D eigenvalue weighted by molar-refractivity contribution is 5.36. The van der Waals surface area contributed by atoms with Gasteiger partial charge in [-0.15, -0.1) is 0 Å². The van der Waals surface area contributed by atoms with E-state index in [0.717, 1.165) is 24.9 Å². The fourth-order valence-electron chi connectivity index (χ4n) is 1.85. The van der Waals surface area contributed by atoms with Gasteiger partial charge in [0.05, 0.1) is 0 Å². The van der Waals surface area contributed by atoms with Gasteiger partial charge in [-0.2, -0.15) is 0 Å². The highest BCUT2D eigenvalue weighted by Gasteiger charge is 2.18. The molecule has 1 aliphatic heterocycles. The molecular formula is C11H17NO2. The lowest BCUT2D eigenvalue weighted by Crippen LogP contribution is -2.32. The molecule has 0 radical (unpaired) electrons. The van der Waals surface area contributed by atoms with Gasteiger partial charge in [-0.05, 0) is 24.8 Å². The van der Waals surface area contributed by atoms with Crippen LogP contribution < -0.4 is 4.90 Å². The molecule has 0 unspecified atom stereocenters. The number of nitrogens with zero attached hydrogens (tertiary/aromatic N) is 1. The molecule has 0 aliphatic carbocycles. The van der Waals surface area contributed by atoms with E-state index in [2.05, 4.69) is 11.8 Å². The third-order valence-electron chi connectivity index (χ3n) is 2.90. The summed E-state index contributed by atoms with van der Waals surface area (Å²) in [7, 11) is 0. The van der Waals surface area contributed by atoms with Crippen LogP contribution in [-0.2, 0) is 6.61 Å². The third-order valence-corrected chi connectivity index (χ3v) is 2.90. The largest absolute Gasteiger partial charge is 0.443 e. The Morgan fingerprint density at radius 3 is 2.71 bits per heavy atom. The zero-order chi connectivity index (χ0) is 9.97. The van der Waals surface area contributed by atoms with Gasteiger partial charge in [-0.25, -0.2) is 0 Å². The number of aliphatic hydroxyl groups excluding tert-OH is 1. The van der Waals surface area contributed by atoms with Crippen molar-refractivity contribution in [3.05, 3.63) is 17.9 Å². The Bertz CT molecular complexity index is 287. The Kier molecular flexibility index (Phi) is 2.77. The van der Waals surface area contributed by atoms with Crippen molar-refractivity contribution < 1.29 is 9.52 Å². The summed E-state index contributed by atoms with van der Waals surface area (Å²) < 4.78 is 5.48. The van der Waals surface area contributed by atoms with E-state index in [-0.39, 0.29) is 6.61 Å². The van der Waals surface area contributed by atoms with E-state index in [4.69, 9.17) is 9.52 Å². The van der Waals surface area contributed by atoms with Crippen LogP contribution in [-0.4, -0.2) is 18.2 Å². The summed E-state index contributed by atoms with van der Waals surface area (Å²) in [5, 5.41) is 8.88. The van der Waals surface area contributed by atoms with Gasteiger partial charge in [-0.1, -0.05) is 6.92 Å². The van der Waals surface area contributed by atoms with Crippen molar-refractivity contribution in [3.8, 4) is 0 Å². The number of anilines is 1. The molecular weight excluding hydrogens is 178 g/mol. The van der Waals surface area contributed by atoms with E-state index in [1.54, 1.807) is 0 Å². The lowest BCUT2D eigenvalue weighted by atomic mass is 9.99. The molecule has 1 fully saturated rings. The molecule has 3 heteroatoms. The first-order valence-electron chi connectivity index (χ1n) is 5.24. The molecule has 1 aromatic rings. The minimum Gasteiger partial charge on any atom is -0.443 e. The van der Waals surface area contributed by atoms with E-state index < -0.39 is 0 Å². The second-order valence-electron chi connectivity index (χ2n) is 4.07. The monoisotopic (exact) mass is 195 g/mol. The molecule has 1 saturated heterocycles. The zero-order valence-electron chi connectivity index (χ0n) is 8.57. The molecule has 1 N–H and O–H groups in total. The normalized spacial score (nSPS) is 18.9. The first kappa shape index (κ1) is 9.59. The Morgan fingerprint density at radius 1 is 1.43 bits per heavy atom. The summed E-state index contributed by atoms with van der Waals surface area (Å²) in [5.41, 5.74) is 0. The Hall–Kier alpha value is -0.960. The molecule has 0 atom stereocenters. The van der Waals surface area contributed by atoms with Crippen LogP contribution in [0.25, 0.3) is 0 Å². The van der Waals surface area contributed by atoms with Gasteiger partial charge in [0.15, 0.2) is 5.88 Å². The van der Waals surface area contributed by atoms with Crippen LogP contribution >= 0.6 is 0 Å². The van der Waals surface area contributed by atoms with Gasteiger partial charge in [0.1, 0.15) is 12.4 Å². The maximum Gasteiger partial charge on any atom is 0.195 e. The smallest absolute Gasteiger partial charge is 0.195 e. The van der Waals surface area contributed by atoms with Gasteiger partial charge in [0.2, 0.25) is 0 Å². The summed E-state index contributed by atoms with van der Waals surface area (Å²) in [6.45, 7) is 4.42. The number of hydrogen-bond donors (Lipinski definition) is 1. The fraction of sp³-hybridized carbons (Fsp3) is 0.636. The van der Waals surface area contributed by atoms with Crippen molar-refractivity contribution in [2.24, 2.45) is 5.92 Å². The first-order valence-corrected chi connectivity index (χ1v) is 5.24. The second-order valence-corrected chi connectivity index (χ2v) is 4.07. The maximum atomic E-state index is 8.88. The summed E-state index contributed by atoms with van der Waals surface area (Å²) in [4.78, 5) is 2.25. The zero-order valence-corrected chi connectivity index (χ0v) is 8.57. The molecule has 2 heterocycles. The van der Waals surface area contributed by atoms with Crippen LogP contribution in [0.1, 0.15) is 25.5 Å². The van der Waals surface area contributed by atoms with Crippen molar-refractivity contribution in [2.75, 3.05) is 18.0 Å². The number of furan rings is 1. The molecule has 3 nitrogen and oxygen atoms in total. The Balaban J connectivity index is 2.01. The molecule has 0 aromatic carbocycles. The minimum absolute atomic E-state index is 0.00968. The van der Waals surface area contributed by atoms with Gasteiger partial charge in [-0.3, -0.25) is 0 Å². The fourth-order valence-corrected chi connectivity index (χ4v) is 1.85. The van der Waals surface area contributed by atoms with Crippen LogP contribution in [0.3, 0.4) is 0 Å². The van der Waals surface area contributed by atoms with Crippen LogP contribution in [0.4, 0.5) is 5.88 Å². The number of aliphatic hydroxyl groups is 1. The molecule has 0 saturated carbocycles. The quantitative estimate of drug-likeness (QED) is 0.784. The molecule has 0 bridgehead atoms. The molecule has 2 rings (SSSR count). The number of piperidine rings is 1. The van der Waals surface area contributed by atoms with Crippen LogP contribution in [0.2, 0.25) is 0 Å². The molecule has 0 spiro atoms. The highest BCUT2D eigenvalue weighted by atomic mass is 16.4. The summed E-state index contributed by atoms with van der Waals surface area (Å²) in [6, 6.07) is 3.79. The van der Waals surface area contributed by atoms with Crippen molar-refractivity contribution in [2.45, 2.75) is 26.4 Å². The topological polar surface area (TPSA) is 36.6 Å². The summed E-state index contributed by atoms with van der Waals surface area (Å²) >= 11 is 0. The maximum absolute atomic E-state index is 8.88. The predicted octanol–water partition coefficient (Wildman–Crippen LogP) is 2.01. The summed E-state index contributed by atoms with van der Waals surface area (Å²) in [5.74, 6) is 2.39. The van der Waals surface area contributed by atoms with Gasteiger partial charge in [0.25, 0.3) is 0 Å². The standard InChI is InChI=1S/C11H17NO2/c1-9-4-6-12(7-5-9)11-3-2-10(8-13)14-11/h2-3,9,13H,4-8H2,1H3. The van der Waals surface area contributed by atoms with Crippen molar-refractivity contribution in [1.29, 1.82) is 0 Å². The van der Waals surface area contributed by atoms with Gasteiger partial charge < -0.3 is 14.4 Å². The third kappa shape index (κ3) is 1.93. The van der Waals surface area contributed by atoms with Gasteiger partial charge in [0, 0.05) is 19.2 Å². The molecule has 0 amide bonds. The first-order chi connectivity index (χ1) is 6.79. The lowest BCUT2D eigenvalue weighted by molar-refractivity contribution is 0.247. The lowest BCUT2D eigenvalue weighted by Gasteiger charge is -2.29. The van der Waals surface area contributed by atoms with E-state index in [9.17, 15) is 0 Å². The predicted molar refractivity (Wildman–Crippen MR) is 55.2 cm³/mol. The second kappa shape index (κ2) is 4.05. The average Bonchev–Trinajstić information content (AvgIpc) is 2.67. The summed E-state index contributed by atoms with van der Waals surface area (Å²) in [6.07, 6.45) is 2.46. The SMILES string of the molecule is CC1CCN(c2ccc(CO)o2)CC1. The van der Waals surface area contributed by atoms with E-state index in [0.29, 0.717) is 5.76 Å². The van der Waals surface area contributed by atoms with Crippen LogP contribution in [0, 0.1) is 5.92 Å². The molecule has 78 valence electrons. The Labute approximate surface area is 84.3 Å². The van der Waals surface area contributed by atoms with E-state index in [1.165, 1.54) is 12.8 Å². The van der Waals surface area contributed by atoms with Crippen molar-refractivity contribution in [3.63, 3.8) is 0 Å². The van der Waals surface area contributed by atoms with Crippen LogP contribution in [0.15, 0.2) is 16.5 Å². The molecule has 1 aromatic heterocycles. The minimum atomic E-state index is -0.00968. The van der Waals surface area contributed by atoms with Crippen molar-refractivity contribution >= 4 is 5.88 Å². The highest BCUT2D eigenvalue weighted by Crippen LogP contribution is 2.24. The van der Waals surface area contributed by atoms with Gasteiger partial charge >= 0.3 is 0 Å². The molecule has 1 aliphatic rings.